The molecule has 0 unspecified atom stereocenters. The van der Waals surface area contributed by atoms with Crippen molar-refractivity contribution in [1.29, 1.82) is 0 Å². The number of fused-ring (bicyclic) bond motifs is 1. The lowest BCUT2D eigenvalue weighted by atomic mass is 10.2. The van der Waals surface area contributed by atoms with Crippen molar-refractivity contribution in [3.05, 3.63) is 76.0 Å². The lowest BCUT2D eigenvalue weighted by Gasteiger charge is -2.06. The van der Waals surface area contributed by atoms with E-state index in [9.17, 15) is 14.0 Å². The molecule has 2 amide bonds. The zero-order chi connectivity index (χ0) is 21.8. The van der Waals surface area contributed by atoms with Crippen LogP contribution in [0.25, 0.3) is 16.3 Å². The Bertz CT molecular complexity index is 1240. The second-order valence-corrected chi connectivity index (χ2v) is 7.96. The van der Waals surface area contributed by atoms with E-state index in [0.717, 1.165) is 11.3 Å². The van der Waals surface area contributed by atoms with Crippen LogP contribution in [-0.2, 0) is 22.6 Å². The quantitative estimate of drug-likeness (QED) is 0.435. The van der Waals surface area contributed by atoms with Crippen molar-refractivity contribution >= 4 is 39.7 Å². The van der Waals surface area contributed by atoms with Crippen LogP contribution in [0.5, 0.6) is 0 Å². The van der Waals surface area contributed by atoms with E-state index in [4.69, 9.17) is 11.6 Å². The van der Waals surface area contributed by atoms with E-state index in [0.29, 0.717) is 27.8 Å². The first-order chi connectivity index (χ1) is 15.0. The molecule has 0 aliphatic carbocycles. The minimum Gasteiger partial charge on any atom is -0.347 e. The van der Waals surface area contributed by atoms with Crippen LogP contribution >= 0.6 is 22.9 Å². The number of hydrogen-bond acceptors (Lipinski definition) is 5. The molecular weight excluding hydrogens is 441 g/mol. The van der Waals surface area contributed by atoms with Gasteiger partial charge in [0.2, 0.25) is 4.96 Å². The highest BCUT2D eigenvalue weighted by molar-refractivity contribution is 7.15. The van der Waals surface area contributed by atoms with Crippen LogP contribution in [0.2, 0.25) is 5.02 Å². The van der Waals surface area contributed by atoms with E-state index in [2.05, 4.69) is 20.7 Å². The molecule has 0 atom stereocenters. The molecule has 2 N–H and O–H groups in total. The Morgan fingerprint density at radius 3 is 2.65 bits per heavy atom. The molecule has 0 aliphatic rings. The van der Waals surface area contributed by atoms with Gasteiger partial charge in [-0.3, -0.25) is 9.59 Å². The van der Waals surface area contributed by atoms with Gasteiger partial charge in [-0.15, -0.1) is 16.4 Å². The fourth-order valence-corrected chi connectivity index (χ4v) is 3.88. The number of carbonyl (C=O) groups is 2. The SMILES string of the molecule is O=C(NCCc1csc2nc(-c3cccc(F)c3)nn12)C(=O)NCc1ccc(Cl)cc1. The Labute approximate surface area is 185 Å². The zero-order valence-corrected chi connectivity index (χ0v) is 17.7. The Morgan fingerprint density at radius 1 is 1.10 bits per heavy atom. The third kappa shape index (κ3) is 5.07. The number of thiazole rings is 1. The van der Waals surface area contributed by atoms with Crippen LogP contribution in [0, 0.1) is 5.82 Å². The molecule has 0 bridgehead atoms. The second-order valence-electron chi connectivity index (χ2n) is 6.68. The highest BCUT2D eigenvalue weighted by atomic mass is 35.5. The number of nitrogens with one attached hydrogen (secondary N) is 2. The van der Waals surface area contributed by atoms with Crippen molar-refractivity contribution in [2.24, 2.45) is 0 Å². The van der Waals surface area contributed by atoms with Gasteiger partial charge in [0.1, 0.15) is 5.82 Å². The Morgan fingerprint density at radius 2 is 1.87 bits per heavy atom. The number of amides is 2. The summed E-state index contributed by atoms with van der Waals surface area (Å²) in [5, 5.41) is 12.1. The van der Waals surface area contributed by atoms with Gasteiger partial charge in [0.05, 0.1) is 5.69 Å². The molecule has 0 aliphatic heterocycles. The first-order valence-electron chi connectivity index (χ1n) is 9.39. The molecule has 2 aromatic carbocycles. The van der Waals surface area contributed by atoms with Crippen LogP contribution in [0.4, 0.5) is 4.39 Å². The number of hydrogen-bond donors (Lipinski definition) is 2. The highest BCUT2D eigenvalue weighted by Gasteiger charge is 2.15. The molecule has 0 saturated carbocycles. The van der Waals surface area contributed by atoms with Gasteiger partial charge >= 0.3 is 11.8 Å². The second kappa shape index (κ2) is 9.23. The largest absolute Gasteiger partial charge is 0.347 e. The highest BCUT2D eigenvalue weighted by Crippen LogP contribution is 2.21. The normalized spacial score (nSPS) is 10.9. The molecule has 0 saturated heterocycles. The summed E-state index contributed by atoms with van der Waals surface area (Å²) in [7, 11) is 0. The smallest absolute Gasteiger partial charge is 0.309 e. The molecule has 0 radical (unpaired) electrons. The summed E-state index contributed by atoms with van der Waals surface area (Å²) in [6.07, 6.45) is 0.460. The summed E-state index contributed by atoms with van der Waals surface area (Å²) < 4.78 is 15.1. The number of benzene rings is 2. The third-order valence-corrected chi connectivity index (χ3v) is 5.59. The average Bonchev–Trinajstić information content (AvgIpc) is 3.35. The number of aromatic nitrogens is 3. The monoisotopic (exact) mass is 457 g/mol. The maximum Gasteiger partial charge on any atom is 0.309 e. The predicted octanol–water partition coefficient (Wildman–Crippen LogP) is 3.23. The zero-order valence-electron chi connectivity index (χ0n) is 16.1. The standard InChI is InChI=1S/C21H17ClFN5O2S/c22-15-6-4-13(5-7-15)11-25-20(30)19(29)24-9-8-17-12-31-21-26-18(27-28(17)21)14-2-1-3-16(23)10-14/h1-7,10,12H,8-9,11H2,(H,24,29)(H,25,30). The van der Waals surface area contributed by atoms with Gasteiger partial charge in [0.15, 0.2) is 5.82 Å². The molecule has 4 aromatic rings. The minimum absolute atomic E-state index is 0.233. The van der Waals surface area contributed by atoms with E-state index >= 15 is 0 Å². The molecule has 158 valence electrons. The number of carbonyl (C=O) groups excluding carboxylic acids is 2. The number of halogens is 2. The van der Waals surface area contributed by atoms with Crippen molar-refractivity contribution in [2.75, 3.05) is 6.54 Å². The van der Waals surface area contributed by atoms with Crippen molar-refractivity contribution in [2.45, 2.75) is 13.0 Å². The van der Waals surface area contributed by atoms with Crippen molar-refractivity contribution in [1.82, 2.24) is 25.2 Å². The van der Waals surface area contributed by atoms with Crippen LogP contribution in [0.3, 0.4) is 0 Å². The molecule has 31 heavy (non-hydrogen) atoms. The molecule has 2 heterocycles. The Hall–Kier alpha value is -3.30. The van der Waals surface area contributed by atoms with Gasteiger partial charge in [-0.2, -0.15) is 4.98 Å². The van der Waals surface area contributed by atoms with Crippen molar-refractivity contribution < 1.29 is 14.0 Å². The molecule has 2 aromatic heterocycles. The van der Waals surface area contributed by atoms with Crippen molar-refractivity contribution in [3.63, 3.8) is 0 Å². The van der Waals surface area contributed by atoms with Gasteiger partial charge in [0.25, 0.3) is 0 Å². The summed E-state index contributed by atoms with van der Waals surface area (Å²) in [4.78, 5) is 29.1. The summed E-state index contributed by atoms with van der Waals surface area (Å²) in [6.45, 7) is 0.491. The third-order valence-electron chi connectivity index (χ3n) is 4.47. The maximum atomic E-state index is 13.5. The van der Waals surface area contributed by atoms with Gasteiger partial charge in [-0.05, 0) is 29.8 Å². The van der Waals surface area contributed by atoms with Crippen LogP contribution < -0.4 is 10.6 Å². The first kappa shape index (κ1) is 21.0. The van der Waals surface area contributed by atoms with Gasteiger partial charge in [-0.25, -0.2) is 8.91 Å². The fourth-order valence-electron chi connectivity index (χ4n) is 2.90. The lowest BCUT2D eigenvalue weighted by Crippen LogP contribution is -2.40. The van der Waals surface area contributed by atoms with E-state index in [-0.39, 0.29) is 18.9 Å². The van der Waals surface area contributed by atoms with E-state index in [1.54, 1.807) is 40.9 Å². The van der Waals surface area contributed by atoms with Gasteiger partial charge in [0, 0.05) is 35.5 Å². The summed E-state index contributed by atoms with van der Waals surface area (Å²) >= 11 is 7.22. The fraction of sp³-hybridized carbons (Fsp3) is 0.143. The van der Waals surface area contributed by atoms with E-state index in [1.807, 2.05) is 5.38 Å². The minimum atomic E-state index is -0.709. The lowest BCUT2D eigenvalue weighted by molar-refractivity contribution is -0.139. The summed E-state index contributed by atoms with van der Waals surface area (Å²) in [6, 6.07) is 13.1. The van der Waals surface area contributed by atoms with E-state index < -0.39 is 11.8 Å². The van der Waals surface area contributed by atoms with Crippen LogP contribution in [0.15, 0.2) is 53.9 Å². The number of nitrogens with zero attached hydrogens (tertiary/aromatic N) is 3. The Kier molecular flexibility index (Phi) is 6.24. The topological polar surface area (TPSA) is 88.4 Å². The number of rotatable bonds is 6. The maximum absolute atomic E-state index is 13.5. The average molecular weight is 458 g/mol. The van der Waals surface area contributed by atoms with Gasteiger partial charge < -0.3 is 10.6 Å². The molecule has 4 rings (SSSR count). The summed E-state index contributed by atoms with van der Waals surface area (Å²) in [5.74, 6) is -1.34. The van der Waals surface area contributed by atoms with Crippen LogP contribution in [0.1, 0.15) is 11.3 Å². The molecule has 10 heteroatoms. The molecule has 7 nitrogen and oxygen atoms in total. The predicted molar refractivity (Wildman–Crippen MR) is 116 cm³/mol. The van der Waals surface area contributed by atoms with Crippen LogP contribution in [-0.4, -0.2) is 33.0 Å². The van der Waals surface area contributed by atoms with E-state index in [1.165, 1.54) is 23.5 Å². The Balaban J connectivity index is 1.31. The summed E-state index contributed by atoms with van der Waals surface area (Å²) in [5.41, 5.74) is 2.26. The molecular formula is C21H17ClFN5O2S. The van der Waals surface area contributed by atoms with Crippen molar-refractivity contribution in [3.8, 4) is 11.4 Å². The van der Waals surface area contributed by atoms with Gasteiger partial charge in [-0.1, -0.05) is 35.9 Å². The molecule has 0 fully saturated rings. The molecule has 0 spiro atoms. The first-order valence-corrected chi connectivity index (χ1v) is 10.6.